The second-order valence-electron chi connectivity index (χ2n) is 7.15. The summed E-state index contributed by atoms with van der Waals surface area (Å²) in [5.41, 5.74) is 1.18. The molecule has 0 aromatic carbocycles. The van der Waals surface area contributed by atoms with Crippen LogP contribution in [0.2, 0.25) is 0 Å². The minimum absolute atomic E-state index is 0.139. The molecule has 1 aromatic heterocycles. The van der Waals surface area contributed by atoms with Crippen molar-refractivity contribution in [3.8, 4) is 0 Å². The molecule has 0 radical (unpaired) electrons. The summed E-state index contributed by atoms with van der Waals surface area (Å²) in [5, 5.41) is 4.71. The lowest BCUT2D eigenvalue weighted by atomic mass is 10.1. The first kappa shape index (κ1) is 15.9. The topological polar surface area (TPSA) is 34.1 Å². The Morgan fingerprint density at radius 2 is 1.90 bits per heavy atom. The van der Waals surface area contributed by atoms with Gasteiger partial charge < -0.3 is 10.1 Å². The molecule has 1 aliphatic carbocycles. The van der Waals surface area contributed by atoms with Crippen LogP contribution < -0.4 is 5.32 Å². The van der Waals surface area contributed by atoms with E-state index in [-0.39, 0.29) is 11.1 Å². The van der Waals surface area contributed by atoms with Gasteiger partial charge in [-0.15, -0.1) is 11.3 Å². The second kappa shape index (κ2) is 5.74. The Morgan fingerprint density at radius 3 is 2.40 bits per heavy atom. The maximum atomic E-state index is 5.86. The van der Waals surface area contributed by atoms with Crippen LogP contribution in [-0.2, 0) is 16.9 Å². The first-order valence-electron chi connectivity index (χ1n) is 7.62. The summed E-state index contributed by atoms with van der Waals surface area (Å²) >= 11 is 1.82. The summed E-state index contributed by atoms with van der Waals surface area (Å²) in [7, 11) is 0. The highest BCUT2D eigenvalue weighted by molar-refractivity contribution is 7.11. The number of aromatic nitrogens is 1. The van der Waals surface area contributed by atoms with Gasteiger partial charge in [0.15, 0.2) is 0 Å². The van der Waals surface area contributed by atoms with Crippen molar-refractivity contribution in [2.45, 2.75) is 78.0 Å². The molecular weight excluding hydrogens is 268 g/mol. The van der Waals surface area contributed by atoms with Gasteiger partial charge in [-0.25, -0.2) is 4.98 Å². The maximum absolute atomic E-state index is 5.86. The zero-order valence-electron chi connectivity index (χ0n) is 13.7. The molecule has 0 atom stereocenters. The SMILES string of the molecule is CCOC(C)(C)c1nc(C2CC2)c(CNC(C)(C)C)s1. The fourth-order valence-electron chi connectivity index (χ4n) is 2.19. The fraction of sp³-hybridized carbons (Fsp3) is 0.812. The molecule has 1 N–H and O–H groups in total. The maximum Gasteiger partial charge on any atom is 0.125 e. The van der Waals surface area contributed by atoms with Gasteiger partial charge in [-0.3, -0.25) is 0 Å². The molecule has 3 nitrogen and oxygen atoms in total. The second-order valence-corrected chi connectivity index (χ2v) is 8.23. The van der Waals surface area contributed by atoms with Gasteiger partial charge in [0, 0.05) is 29.5 Å². The van der Waals surface area contributed by atoms with Crippen molar-refractivity contribution >= 4 is 11.3 Å². The van der Waals surface area contributed by atoms with E-state index in [0.717, 1.165) is 18.2 Å². The number of nitrogens with zero attached hydrogens (tertiary/aromatic N) is 1. The van der Waals surface area contributed by atoms with E-state index in [1.54, 1.807) is 0 Å². The fourth-order valence-corrected chi connectivity index (χ4v) is 3.33. The molecule has 2 rings (SSSR count). The van der Waals surface area contributed by atoms with Gasteiger partial charge in [-0.2, -0.15) is 0 Å². The molecule has 4 heteroatoms. The molecule has 0 unspecified atom stereocenters. The molecule has 1 heterocycles. The van der Waals surface area contributed by atoms with Crippen molar-refractivity contribution in [1.29, 1.82) is 0 Å². The molecule has 20 heavy (non-hydrogen) atoms. The summed E-state index contributed by atoms with van der Waals surface area (Å²) in [5.74, 6) is 0.689. The first-order valence-corrected chi connectivity index (χ1v) is 8.43. The average molecular weight is 296 g/mol. The Labute approximate surface area is 127 Å². The van der Waals surface area contributed by atoms with Gasteiger partial charge >= 0.3 is 0 Å². The largest absolute Gasteiger partial charge is 0.369 e. The van der Waals surface area contributed by atoms with Gasteiger partial charge in [0.25, 0.3) is 0 Å². The first-order chi connectivity index (χ1) is 9.23. The van der Waals surface area contributed by atoms with Crippen LogP contribution >= 0.6 is 11.3 Å². The predicted molar refractivity (Wildman–Crippen MR) is 85.3 cm³/mol. The van der Waals surface area contributed by atoms with Crippen molar-refractivity contribution in [3.05, 3.63) is 15.6 Å². The summed E-state index contributed by atoms with van der Waals surface area (Å²) in [4.78, 5) is 6.31. The van der Waals surface area contributed by atoms with Crippen molar-refractivity contribution in [2.24, 2.45) is 0 Å². The number of ether oxygens (including phenoxy) is 1. The van der Waals surface area contributed by atoms with Crippen molar-refractivity contribution in [1.82, 2.24) is 10.3 Å². The highest BCUT2D eigenvalue weighted by atomic mass is 32.1. The summed E-state index contributed by atoms with van der Waals surface area (Å²) < 4.78 is 5.86. The van der Waals surface area contributed by atoms with Gasteiger partial charge in [0.05, 0.1) is 5.69 Å². The van der Waals surface area contributed by atoms with Crippen molar-refractivity contribution in [3.63, 3.8) is 0 Å². The zero-order chi connectivity index (χ0) is 15.0. The van der Waals surface area contributed by atoms with Crippen molar-refractivity contribution in [2.75, 3.05) is 6.61 Å². The predicted octanol–water partition coefficient (Wildman–Crippen LogP) is 4.18. The lowest BCUT2D eigenvalue weighted by Crippen LogP contribution is -2.35. The van der Waals surface area contributed by atoms with E-state index in [1.165, 1.54) is 23.4 Å². The van der Waals surface area contributed by atoms with Crippen LogP contribution in [0.15, 0.2) is 0 Å². The quantitative estimate of drug-likeness (QED) is 0.855. The van der Waals surface area contributed by atoms with Gasteiger partial charge in [-0.05, 0) is 54.4 Å². The highest BCUT2D eigenvalue weighted by Gasteiger charge is 2.33. The molecule has 0 amide bonds. The number of hydrogen-bond acceptors (Lipinski definition) is 4. The monoisotopic (exact) mass is 296 g/mol. The van der Waals surface area contributed by atoms with E-state index in [0.29, 0.717) is 5.92 Å². The highest BCUT2D eigenvalue weighted by Crippen LogP contribution is 2.44. The van der Waals surface area contributed by atoms with Crippen LogP contribution in [0.3, 0.4) is 0 Å². The number of rotatable bonds is 6. The van der Waals surface area contributed by atoms with Gasteiger partial charge in [-0.1, -0.05) is 0 Å². The molecule has 1 aromatic rings. The number of thiazole rings is 1. The molecule has 1 fully saturated rings. The average Bonchev–Trinajstić information content (AvgIpc) is 3.05. The standard InChI is InChI=1S/C16H28N2OS/c1-7-19-16(5,6)14-18-13(11-8-9-11)12(20-14)10-17-15(2,3)4/h11,17H,7-10H2,1-6H3. The van der Waals surface area contributed by atoms with Crippen LogP contribution in [0.1, 0.15) is 75.9 Å². The Balaban J connectivity index is 2.20. The third kappa shape index (κ3) is 4.03. The Bertz CT molecular complexity index is 456. The smallest absolute Gasteiger partial charge is 0.125 e. The molecule has 0 saturated heterocycles. The molecule has 114 valence electrons. The van der Waals surface area contributed by atoms with E-state index >= 15 is 0 Å². The zero-order valence-corrected chi connectivity index (χ0v) is 14.5. The number of hydrogen-bond donors (Lipinski definition) is 1. The molecular formula is C16H28N2OS. The molecule has 0 spiro atoms. The van der Waals surface area contributed by atoms with E-state index in [9.17, 15) is 0 Å². The minimum atomic E-state index is -0.275. The Hall–Kier alpha value is -0.450. The van der Waals surface area contributed by atoms with Gasteiger partial charge in [0.2, 0.25) is 0 Å². The third-order valence-electron chi connectivity index (χ3n) is 3.49. The van der Waals surface area contributed by atoms with Crippen LogP contribution in [0.4, 0.5) is 0 Å². The van der Waals surface area contributed by atoms with Crippen molar-refractivity contribution < 1.29 is 4.74 Å². The minimum Gasteiger partial charge on any atom is -0.369 e. The summed E-state index contributed by atoms with van der Waals surface area (Å²) in [6, 6.07) is 0. The summed E-state index contributed by atoms with van der Waals surface area (Å²) in [6.45, 7) is 14.5. The Kier molecular flexibility index (Phi) is 4.57. The van der Waals surface area contributed by atoms with E-state index in [1.807, 2.05) is 18.3 Å². The normalized spacial score (nSPS) is 16.7. The van der Waals surface area contributed by atoms with Crippen LogP contribution in [-0.4, -0.2) is 17.1 Å². The van der Waals surface area contributed by atoms with E-state index < -0.39 is 0 Å². The number of nitrogens with one attached hydrogen (secondary N) is 1. The molecule has 0 bridgehead atoms. The third-order valence-corrected chi connectivity index (χ3v) is 4.87. The lowest BCUT2D eigenvalue weighted by Gasteiger charge is -2.21. The molecule has 1 aliphatic rings. The van der Waals surface area contributed by atoms with Crippen LogP contribution in [0.25, 0.3) is 0 Å². The molecule has 1 saturated carbocycles. The van der Waals surface area contributed by atoms with E-state index in [4.69, 9.17) is 9.72 Å². The van der Waals surface area contributed by atoms with Crippen LogP contribution in [0, 0.1) is 0 Å². The van der Waals surface area contributed by atoms with Gasteiger partial charge in [0.1, 0.15) is 10.6 Å². The summed E-state index contributed by atoms with van der Waals surface area (Å²) in [6.07, 6.45) is 2.58. The van der Waals surface area contributed by atoms with Crippen LogP contribution in [0.5, 0.6) is 0 Å². The lowest BCUT2D eigenvalue weighted by molar-refractivity contribution is -0.0142. The Morgan fingerprint density at radius 1 is 1.25 bits per heavy atom. The molecule has 0 aliphatic heterocycles. The van der Waals surface area contributed by atoms with E-state index in [2.05, 4.69) is 39.9 Å².